The minimum atomic E-state index is -1.57. The molecule has 4 aromatic rings. The molecule has 3 aromatic carbocycles. The van der Waals surface area contributed by atoms with Crippen LogP contribution in [0.1, 0.15) is 95.7 Å². The number of unbranched alkanes of at least 4 members (excludes halogenated alkanes) is 2. The number of aromatic nitrogens is 1. The van der Waals surface area contributed by atoms with E-state index in [1.807, 2.05) is 37.3 Å². The Hall–Kier alpha value is -5.67. The summed E-state index contributed by atoms with van der Waals surface area (Å²) in [4.78, 5) is 41.4. The number of amides is 3. The summed E-state index contributed by atoms with van der Waals surface area (Å²) >= 11 is 0. The highest BCUT2D eigenvalue weighted by molar-refractivity contribution is 6.03. The van der Waals surface area contributed by atoms with Crippen molar-refractivity contribution in [2.24, 2.45) is 23.5 Å². The molecule has 0 unspecified atom stereocenters. The van der Waals surface area contributed by atoms with Gasteiger partial charge < -0.3 is 35.9 Å². The zero-order chi connectivity index (χ0) is 41.3. The standard InChI is InChI=1S/C47H54FN5O6/c1-3-35-39(53-46(56)43(35)48)28-58-47-37-25-41(57-2)38(44(49)54)24-36(37)33(27-52-47)19-18-29-14-16-31(17-15-29)26-50-21-6-4-5-9-30-10-7-12-34(23-30)59-40-13-8-11-32-20-22-51-45(55)42(32)40/h7-8,10-13,23-25,27,29,31,35,39,43,50H,3-6,9,14-17,20-22,26,28H2,1-2H3,(H2,49,54)(H,51,55)(H,53,56)/t29?,31?,35-,39+,43-/m0/s1. The summed E-state index contributed by atoms with van der Waals surface area (Å²) < 4.78 is 32.2. The minimum absolute atomic E-state index is 0.0443. The third-order valence-corrected chi connectivity index (χ3v) is 11.9. The van der Waals surface area contributed by atoms with Gasteiger partial charge in [0.1, 0.15) is 23.9 Å². The fourth-order valence-corrected chi connectivity index (χ4v) is 8.58. The molecule has 0 radical (unpaired) electrons. The molecule has 7 rings (SSSR count). The minimum Gasteiger partial charge on any atom is -0.496 e. The Balaban J connectivity index is 0.862. The van der Waals surface area contributed by atoms with Crippen LogP contribution in [0.15, 0.2) is 60.8 Å². The molecule has 3 aliphatic rings. The first-order chi connectivity index (χ1) is 28.7. The van der Waals surface area contributed by atoms with Gasteiger partial charge in [0.15, 0.2) is 6.17 Å². The van der Waals surface area contributed by atoms with Gasteiger partial charge in [-0.15, -0.1) is 0 Å². The van der Waals surface area contributed by atoms with E-state index < -0.39 is 29.9 Å². The molecule has 3 atom stereocenters. The number of carbonyl (C=O) groups excluding carboxylic acids is 3. The smallest absolute Gasteiger partial charge is 0.255 e. The summed E-state index contributed by atoms with van der Waals surface area (Å²) in [6, 6.07) is 16.8. The average molecular weight is 804 g/mol. The molecule has 1 saturated carbocycles. The van der Waals surface area contributed by atoms with E-state index in [0.717, 1.165) is 82.2 Å². The Kier molecular flexibility index (Phi) is 13.6. The Morgan fingerprint density at radius 3 is 2.64 bits per heavy atom. The van der Waals surface area contributed by atoms with Gasteiger partial charge in [-0.05, 0) is 118 Å². The van der Waals surface area contributed by atoms with Crippen LogP contribution in [0.3, 0.4) is 0 Å². The number of methoxy groups -OCH3 is 1. The molecule has 3 amide bonds. The van der Waals surface area contributed by atoms with Crippen LogP contribution in [0.5, 0.6) is 23.1 Å². The molecule has 59 heavy (non-hydrogen) atoms. The lowest BCUT2D eigenvalue weighted by Gasteiger charge is -2.26. The zero-order valence-corrected chi connectivity index (χ0v) is 33.9. The number of alkyl halides is 1. The number of rotatable bonds is 16. The van der Waals surface area contributed by atoms with Crippen molar-refractivity contribution in [2.45, 2.75) is 83.3 Å². The van der Waals surface area contributed by atoms with Crippen LogP contribution in [-0.2, 0) is 17.6 Å². The van der Waals surface area contributed by atoms with Crippen molar-refractivity contribution >= 4 is 28.5 Å². The number of nitrogens with zero attached hydrogens (tertiary/aromatic N) is 1. The normalized spacial score (nSPS) is 21.2. The highest BCUT2D eigenvalue weighted by atomic mass is 19.1. The predicted molar refractivity (Wildman–Crippen MR) is 225 cm³/mol. The maximum absolute atomic E-state index is 14.4. The van der Waals surface area contributed by atoms with Crippen LogP contribution < -0.4 is 35.9 Å². The van der Waals surface area contributed by atoms with Crippen LogP contribution in [0, 0.1) is 29.6 Å². The van der Waals surface area contributed by atoms with E-state index >= 15 is 0 Å². The van der Waals surface area contributed by atoms with Gasteiger partial charge in [0.05, 0.1) is 29.8 Å². The highest BCUT2D eigenvalue weighted by Gasteiger charge is 2.42. The van der Waals surface area contributed by atoms with Crippen molar-refractivity contribution in [3.05, 3.63) is 88.6 Å². The highest BCUT2D eigenvalue weighted by Crippen LogP contribution is 2.35. The van der Waals surface area contributed by atoms with Crippen molar-refractivity contribution in [1.82, 2.24) is 20.9 Å². The number of nitrogens with two attached hydrogens (primary N) is 1. The topological polar surface area (TPSA) is 154 Å². The van der Waals surface area contributed by atoms with E-state index in [9.17, 15) is 18.8 Å². The van der Waals surface area contributed by atoms with Crippen molar-refractivity contribution < 1.29 is 33.0 Å². The van der Waals surface area contributed by atoms with Gasteiger partial charge in [-0.25, -0.2) is 9.37 Å². The zero-order valence-electron chi connectivity index (χ0n) is 33.9. The fraction of sp³-hybridized carbons (Fsp3) is 0.447. The molecule has 1 aliphatic carbocycles. The maximum atomic E-state index is 14.4. The predicted octanol–water partition coefficient (Wildman–Crippen LogP) is 6.82. The Morgan fingerprint density at radius 2 is 1.85 bits per heavy atom. The van der Waals surface area contributed by atoms with Crippen molar-refractivity contribution in [1.29, 1.82) is 0 Å². The first kappa shape index (κ1) is 41.5. The van der Waals surface area contributed by atoms with Gasteiger partial charge in [0.2, 0.25) is 5.88 Å². The molecular formula is C47H54FN5O6. The van der Waals surface area contributed by atoms with Crippen molar-refractivity contribution in [2.75, 3.05) is 33.4 Å². The monoisotopic (exact) mass is 803 g/mol. The third-order valence-electron chi connectivity index (χ3n) is 11.9. The Bertz CT molecular complexity index is 2230. The molecule has 3 heterocycles. The number of primary amides is 1. The second-order valence-corrected chi connectivity index (χ2v) is 15.9. The lowest BCUT2D eigenvalue weighted by molar-refractivity contribution is -0.123. The van der Waals surface area contributed by atoms with Gasteiger partial charge in [-0.1, -0.05) is 49.5 Å². The van der Waals surface area contributed by atoms with Crippen LogP contribution in [-0.4, -0.2) is 68.3 Å². The number of carbonyl (C=O) groups is 3. The second-order valence-electron chi connectivity index (χ2n) is 15.9. The van der Waals surface area contributed by atoms with E-state index in [1.54, 1.807) is 18.3 Å². The van der Waals surface area contributed by atoms with Gasteiger partial charge in [-0.3, -0.25) is 14.4 Å². The molecule has 0 spiro atoms. The number of halogens is 1. The fourth-order valence-electron chi connectivity index (χ4n) is 8.58. The van der Waals surface area contributed by atoms with Crippen LogP contribution >= 0.6 is 0 Å². The number of hydrogen-bond donors (Lipinski definition) is 4. The lowest BCUT2D eigenvalue weighted by Crippen LogP contribution is -2.34. The summed E-state index contributed by atoms with van der Waals surface area (Å²) in [5.74, 6) is 7.76. The Morgan fingerprint density at radius 1 is 1.02 bits per heavy atom. The van der Waals surface area contributed by atoms with Gasteiger partial charge >= 0.3 is 0 Å². The molecule has 2 aliphatic heterocycles. The van der Waals surface area contributed by atoms with Crippen molar-refractivity contribution in [3.63, 3.8) is 0 Å². The quantitative estimate of drug-likeness (QED) is 0.0711. The van der Waals surface area contributed by atoms with Gasteiger partial charge in [-0.2, -0.15) is 0 Å². The molecule has 11 nitrogen and oxygen atoms in total. The molecule has 0 bridgehead atoms. The van der Waals surface area contributed by atoms with Crippen molar-refractivity contribution in [3.8, 4) is 35.0 Å². The summed E-state index contributed by atoms with van der Waals surface area (Å²) in [6.07, 6.45) is 9.91. The largest absolute Gasteiger partial charge is 0.496 e. The van der Waals surface area contributed by atoms with Gasteiger partial charge in [0.25, 0.3) is 17.7 Å². The molecule has 310 valence electrons. The van der Waals surface area contributed by atoms with Crippen LogP contribution in [0.25, 0.3) is 10.8 Å². The SMILES string of the molecule is CC[C@@H]1[C@H](F)C(=O)N[C@@H]1COc1ncc(C#CC2CCC(CNCCCCCc3cccc(Oc4cccc5c4C(=O)NCC5)c3)CC2)c2cc(C(N)=O)c(OC)cc12. The van der Waals surface area contributed by atoms with E-state index in [2.05, 4.69) is 44.9 Å². The average Bonchev–Trinajstić information content (AvgIpc) is 3.52. The van der Waals surface area contributed by atoms with E-state index in [4.69, 9.17) is 19.9 Å². The molecular weight excluding hydrogens is 750 g/mol. The number of nitrogens with one attached hydrogen (secondary N) is 3. The molecule has 2 fully saturated rings. The molecule has 12 heteroatoms. The van der Waals surface area contributed by atoms with Crippen LogP contribution in [0.2, 0.25) is 0 Å². The molecule has 1 saturated heterocycles. The lowest BCUT2D eigenvalue weighted by atomic mass is 9.82. The first-order valence-electron chi connectivity index (χ1n) is 21.0. The first-order valence-corrected chi connectivity index (χ1v) is 21.0. The number of pyridine rings is 1. The summed E-state index contributed by atoms with van der Waals surface area (Å²) in [5, 5.41) is 10.5. The summed E-state index contributed by atoms with van der Waals surface area (Å²) in [6.45, 7) is 4.54. The molecule has 1 aromatic heterocycles. The Labute approximate surface area is 345 Å². The maximum Gasteiger partial charge on any atom is 0.255 e. The summed E-state index contributed by atoms with van der Waals surface area (Å²) in [5.41, 5.74) is 9.46. The van der Waals surface area contributed by atoms with Crippen LogP contribution in [0.4, 0.5) is 4.39 Å². The number of hydrogen-bond acceptors (Lipinski definition) is 8. The van der Waals surface area contributed by atoms with E-state index in [0.29, 0.717) is 46.5 Å². The molecule has 5 N–H and O–H groups in total. The summed E-state index contributed by atoms with van der Waals surface area (Å²) in [7, 11) is 1.46. The third kappa shape index (κ3) is 9.97. The van der Waals surface area contributed by atoms with E-state index in [-0.39, 0.29) is 35.6 Å². The van der Waals surface area contributed by atoms with Gasteiger partial charge in [0, 0.05) is 35.3 Å². The second kappa shape index (κ2) is 19.4. The number of aryl methyl sites for hydroxylation is 1. The number of ether oxygens (including phenoxy) is 3. The number of fused-ring (bicyclic) bond motifs is 2. The van der Waals surface area contributed by atoms with E-state index in [1.165, 1.54) is 12.7 Å². The number of benzene rings is 3.